The molecule has 0 atom stereocenters. The molecule has 1 rings (SSSR count). The van der Waals surface area contributed by atoms with Gasteiger partial charge in [-0.15, -0.1) is 12.4 Å². The molecule has 0 aliphatic carbocycles. The molecular formula is C10H15BrClNO2. The van der Waals surface area contributed by atoms with E-state index in [1.807, 2.05) is 19.2 Å². The Morgan fingerprint density at radius 3 is 2.27 bits per heavy atom. The van der Waals surface area contributed by atoms with Crippen molar-refractivity contribution in [2.45, 2.75) is 6.54 Å². The van der Waals surface area contributed by atoms with E-state index in [9.17, 15) is 0 Å². The lowest BCUT2D eigenvalue weighted by Crippen LogP contribution is -2.07. The zero-order valence-electron chi connectivity index (χ0n) is 8.96. The van der Waals surface area contributed by atoms with Crippen molar-refractivity contribution in [3.63, 3.8) is 0 Å². The number of hydrogen-bond acceptors (Lipinski definition) is 3. The van der Waals surface area contributed by atoms with Crippen LogP contribution in [0.25, 0.3) is 0 Å². The first-order chi connectivity index (χ1) is 6.72. The van der Waals surface area contributed by atoms with E-state index in [4.69, 9.17) is 9.47 Å². The number of rotatable bonds is 4. The van der Waals surface area contributed by atoms with E-state index in [0.717, 1.165) is 28.1 Å². The van der Waals surface area contributed by atoms with Crippen molar-refractivity contribution >= 4 is 28.3 Å². The normalized spacial score (nSPS) is 9.33. The van der Waals surface area contributed by atoms with E-state index in [1.54, 1.807) is 14.2 Å². The van der Waals surface area contributed by atoms with Crippen molar-refractivity contribution in [2.75, 3.05) is 21.3 Å². The molecular weight excluding hydrogens is 281 g/mol. The van der Waals surface area contributed by atoms with Gasteiger partial charge in [-0.2, -0.15) is 0 Å². The first-order valence-corrected chi connectivity index (χ1v) is 5.07. The highest BCUT2D eigenvalue weighted by Crippen LogP contribution is 2.32. The summed E-state index contributed by atoms with van der Waals surface area (Å²) in [7, 11) is 5.21. The predicted molar refractivity (Wildman–Crippen MR) is 67.3 cm³/mol. The molecule has 1 N–H and O–H groups in total. The molecule has 0 bridgehead atoms. The fourth-order valence-corrected chi connectivity index (χ4v) is 1.74. The van der Waals surface area contributed by atoms with Gasteiger partial charge in [0.25, 0.3) is 0 Å². The van der Waals surface area contributed by atoms with Crippen LogP contribution in [0.4, 0.5) is 0 Å². The summed E-state index contributed by atoms with van der Waals surface area (Å²) >= 11 is 3.41. The van der Waals surface area contributed by atoms with E-state index in [2.05, 4.69) is 21.2 Å². The Morgan fingerprint density at radius 2 is 1.80 bits per heavy atom. The summed E-state index contributed by atoms with van der Waals surface area (Å²) < 4.78 is 11.4. The minimum absolute atomic E-state index is 0. The van der Waals surface area contributed by atoms with Crippen LogP contribution in [0.1, 0.15) is 5.56 Å². The van der Waals surface area contributed by atoms with Gasteiger partial charge in [-0.25, -0.2) is 0 Å². The lowest BCUT2D eigenvalue weighted by atomic mass is 10.2. The average Bonchev–Trinajstić information content (AvgIpc) is 2.20. The Kier molecular flexibility index (Phi) is 6.72. The summed E-state index contributed by atoms with van der Waals surface area (Å²) in [5.74, 6) is 1.67. The van der Waals surface area contributed by atoms with Crippen molar-refractivity contribution in [1.82, 2.24) is 5.32 Å². The number of nitrogens with one attached hydrogen (secondary N) is 1. The first kappa shape index (κ1) is 14.5. The second-order valence-electron chi connectivity index (χ2n) is 2.83. The zero-order chi connectivity index (χ0) is 10.6. The Morgan fingerprint density at radius 1 is 1.20 bits per heavy atom. The van der Waals surface area contributed by atoms with Gasteiger partial charge in [-0.1, -0.05) is 0 Å². The van der Waals surface area contributed by atoms with Gasteiger partial charge in [-0.05, 0) is 35.1 Å². The molecule has 0 aromatic heterocycles. The smallest absolute Gasteiger partial charge is 0.133 e. The van der Waals surface area contributed by atoms with E-state index < -0.39 is 0 Å². The maximum atomic E-state index is 5.25. The molecule has 15 heavy (non-hydrogen) atoms. The first-order valence-electron chi connectivity index (χ1n) is 4.28. The summed E-state index contributed by atoms with van der Waals surface area (Å²) in [5.41, 5.74) is 1.08. The summed E-state index contributed by atoms with van der Waals surface area (Å²) in [5, 5.41) is 3.08. The standard InChI is InChI=1S/C10H14BrNO2.ClH/c1-12-6-7-4-10(14-3)8(11)5-9(7)13-2;/h4-5,12H,6H2,1-3H3;1H. The molecule has 0 heterocycles. The largest absolute Gasteiger partial charge is 0.496 e. The minimum atomic E-state index is 0. The predicted octanol–water partition coefficient (Wildman–Crippen LogP) is 2.61. The fraction of sp³-hybridized carbons (Fsp3) is 0.400. The lowest BCUT2D eigenvalue weighted by Gasteiger charge is -2.11. The molecule has 1 aromatic carbocycles. The van der Waals surface area contributed by atoms with Gasteiger partial charge in [0, 0.05) is 12.1 Å². The van der Waals surface area contributed by atoms with Gasteiger partial charge in [0.05, 0.1) is 18.7 Å². The summed E-state index contributed by atoms with van der Waals surface area (Å²) in [6.45, 7) is 0.757. The second-order valence-corrected chi connectivity index (χ2v) is 3.68. The highest BCUT2D eigenvalue weighted by atomic mass is 79.9. The van der Waals surface area contributed by atoms with Crippen molar-refractivity contribution in [3.8, 4) is 11.5 Å². The number of methoxy groups -OCH3 is 2. The molecule has 0 aliphatic heterocycles. The van der Waals surface area contributed by atoms with Gasteiger partial charge in [0.2, 0.25) is 0 Å². The minimum Gasteiger partial charge on any atom is -0.496 e. The van der Waals surface area contributed by atoms with E-state index >= 15 is 0 Å². The van der Waals surface area contributed by atoms with Crippen LogP contribution in [0.5, 0.6) is 11.5 Å². The SMILES string of the molecule is CNCc1cc(OC)c(Br)cc1OC.Cl. The zero-order valence-corrected chi connectivity index (χ0v) is 11.4. The number of ether oxygens (including phenoxy) is 2. The van der Waals surface area contributed by atoms with Gasteiger partial charge in [-0.3, -0.25) is 0 Å². The monoisotopic (exact) mass is 295 g/mol. The number of halogens is 2. The molecule has 0 fully saturated rings. The van der Waals surface area contributed by atoms with Gasteiger partial charge in [0.1, 0.15) is 11.5 Å². The highest BCUT2D eigenvalue weighted by Gasteiger charge is 2.08. The van der Waals surface area contributed by atoms with Gasteiger partial charge in [0.15, 0.2) is 0 Å². The van der Waals surface area contributed by atoms with Crippen LogP contribution in [0.2, 0.25) is 0 Å². The third-order valence-corrected chi connectivity index (χ3v) is 2.54. The average molecular weight is 297 g/mol. The molecule has 0 amide bonds. The highest BCUT2D eigenvalue weighted by molar-refractivity contribution is 9.10. The van der Waals surface area contributed by atoms with Gasteiger partial charge >= 0.3 is 0 Å². The maximum absolute atomic E-state index is 5.25. The van der Waals surface area contributed by atoms with E-state index in [1.165, 1.54) is 0 Å². The van der Waals surface area contributed by atoms with Crippen molar-refractivity contribution < 1.29 is 9.47 Å². The van der Waals surface area contributed by atoms with E-state index in [-0.39, 0.29) is 12.4 Å². The van der Waals surface area contributed by atoms with Crippen LogP contribution in [0.3, 0.4) is 0 Å². The third-order valence-electron chi connectivity index (χ3n) is 1.92. The number of benzene rings is 1. The molecule has 5 heteroatoms. The van der Waals surface area contributed by atoms with Gasteiger partial charge < -0.3 is 14.8 Å². The fourth-order valence-electron chi connectivity index (χ4n) is 1.25. The third kappa shape index (κ3) is 3.55. The topological polar surface area (TPSA) is 30.5 Å². The molecule has 0 saturated heterocycles. The van der Waals surface area contributed by atoms with Crippen LogP contribution in [0.15, 0.2) is 16.6 Å². The molecule has 0 radical (unpaired) electrons. The molecule has 0 saturated carbocycles. The summed E-state index contributed by atoms with van der Waals surface area (Å²) in [4.78, 5) is 0. The van der Waals surface area contributed by atoms with E-state index in [0.29, 0.717) is 0 Å². The second kappa shape index (κ2) is 6.93. The maximum Gasteiger partial charge on any atom is 0.133 e. The lowest BCUT2D eigenvalue weighted by molar-refractivity contribution is 0.395. The Labute approximate surface area is 105 Å². The van der Waals surface area contributed by atoms with Crippen molar-refractivity contribution in [1.29, 1.82) is 0 Å². The number of hydrogen-bond donors (Lipinski definition) is 1. The Balaban J connectivity index is 0.00000196. The molecule has 0 unspecified atom stereocenters. The van der Waals surface area contributed by atoms with Crippen LogP contribution in [-0.4, -0.2) is 21.3 Å². The molecule has 0 aliphatic rings. The molecule has 3 nitrogen and oxygen atoms in total. The van der Waals surface area contributed by atoms with Crippen molar-refractivity contribution in [2.24, 2.45) is 0 Å². The quantitative estimate of drug-likeness (QED) is 0.926. The molecule has 1 aromatic rings. The van der Waals surface area contributed by atoms with Crippen LogP contribution >= 0.6 is 28.3 Å². The van der Waals surface area contributed by atoms with Crippen LogP contribution < -0.4 is 14.8 Å². The molecule has 0 spiro atoms. The van der Waals surface area contributed by atoms with Crippen LogP contribution in [0, 0.1) is 0 Å². The summed E-state index contributed by atoms with van der Waals surface area (Å²) in [6, 6.07) is 3.87. The Bertz CT molecular complexity index is 321. The summed E-state index contributed by atoms with van der Waals surface area (Å²) in [6.07, 6.45) is 0. The van der Waals surface area contributed by atoms with Crippen LogP contribution in [-0.2, 0) is 6.54 Å². The Hall–Kier alpha value is -0.450. The van der Waals surface area contributed by atoms with Crippen molar-refractivity contribution in [3.05, 3.63) is 22.2 Å². The molecule has 86 valence electrons.